The number of nitrogens with zero attached hydrogens (tertiary/aromatic N) is 5. The Morgan fingerprint density at radius 3 is 2.77 bits per heavy atom. The quantitative estimate of drug-likeness (QED) is 0.843. The van der Waals surface area contributed by atoms with Gasteiger partial charge in [-0.1, -0.05) is 0 Å². The van der Waals surface area contributed by atoms with E-state index < -0.39 is 0 Å². The average Bonchev–Trinajstić information content (AvgIpc) is 3.27. The molecule has 1 aliphatic carbocycles. The molecule has 4 rings (SSSR count). The van der Waals surface area contributed by atoms with Gasteiger partial charge in [-0.3, -0.25) is 0 Å². The van der Waals surface area contributed by atoms with Gasteiger partial charge in [0.15, 0.2) is 0 Å². The standard InChI is InChI=1S/C16H21N5O/c1-22-10-13-8-20(16-17-5-2-6-18-16)9-14-15(13)21(11-19-14)7-12-3-4-12/h2,5-6,11-13H,3-4,7-10H2,1H3. The summed E-state index contributed by atoms with van der Waals surface area (Å²) in [7, 11) is 1.76. The highest BCUT2D eigenvalue weighted by Gasteiger charge is 2.32. The molecule has 0 N–H and O–H groups in total. The van der Waals surface area contributed by atoms with Crippen molar-refractivity contribution in [1.29, 1.82) is 0 Å². The van der Waals surface area contributed by atoms with Crippen molar-refractivity contribution in [3.63, 3.8) is 0 Å². The first-order chi connectivity index (χ1) is 10.8. The van der Waals surface area contributed by atoms with E-state index in [1.54, 1.807) is 19.5 Å². The molecule has 0 bridgehead atoms. The van der Waals surface area contributed by atoms with E-state index in [4.69, 9.17) is 4.74 Å². The third-order valence-electron chi connectivity index (χ3n) is 4.48. The van der Waals surface area contributed by atoms with E-state index in [1.807, 2.05) is 12.4 Å². The van der Waals surface area contributed by atoms with E-state index >= 15 is 0 Å². The monoisotopic (exact) mass is 299 g/mol. The minimum Gasteiger partial charge on any atom is -0.384 e. The van der Waals surface area contributed by atoms with Crippen molar-refractivity contribution in [2.75, 3.05) is 25.2 Å². The topological polar surface area (TPSA) is 56.1 Å². The fraction of sp³-hybridized carbons (Fsp3) is 0.562. The molecule has 1 saturated carbocycles. The molecule has 1 atom stereocenters. The average molecular weight is 299 g/mol. The normalized spacial score (nSPS) is 21.0. The Morgan fingerprint density at radius 2 is 2.05 bits per heavy atom. The van der Waals surface area contributed by atoms with Crippen LogP contribution < -0.4 is 4.90 Å². The zero-order valence-corrected chi connectivity index (χ0v) is 12.9. The zero-order chi connectivity index (χ0) is 14.9. The summed E-state index contributed by atoms with van der Waals surface area (Å²) in [6.45, 7) is 3.45. The van der Waals surface area contributed by atoms with Crippen molar-refractivity contribution in [1.82, 2.24) is 19.5 Å². The Kier molecular flexibility index (Phi) is 3.54. The molecular formula is C16H21N5O. The smallest absolute Gasteiger partial charge is 0.225 e. The van der Waals surface area contributed by atoms with Crippen molar-refractivity contribution in [3.8, 4) is 0 Å². The number of methoxy groups -OCH3 is 1. The molecule has 2 aromatic rings. The van der Waals surface area contributed by atoms with Crippen molar-refractivity contribution in [2.24, 2.45) is 5.92 Å². The predicted molar refractivity (Wildman–Crippen MR) is 82.7 cm³/mol. The third kappa shape index (κ3) is 2.59. The lowest BCUT2D eigenvalue weighted by Gasteiger charge is -2.33. The Hall–Kier alpha value is -1.95. The number of aromatic nitrogens is 4. The molecule has 0 aromatic carbocycles. The van der Waals surface area contributed by atoms with Gasteiger partial charge in [0.25, 0.3) is 0 Å². The van der Waals surface area contributed by atoms with Crippen LogP contribution >= 0.6 is 0 Å². The summed E-state index contributed by atoms with van der Waals surface area (Å²) in [5.74, 6) is 1.93. The highest BCUT2D eigenvalue weighted by Crippen LogP contribution is 2.34. The summed E-state index contributed by atoms with van der Waals surface area (Å²) in [5.41, 5.74) is 2.49. The number of imidazole rings is 1. The molecule has 0 saturated heterocycles. The second-order valence-electron chi connectivity index (χ2n) is 6.25. The lowest BCUT2D eigenvalue weighted by molar-refractivity contribution is 0.174. The van der Waals surface area contributed by atoms with Crippen LogP contribution in [0.5, 0.6) is 0 Å². The van der Waals surface area contributed by atoms with Crippen molar-refractivity contribution in [2.45, 2.75) is 31.8 Å². The lowest BCUT2D eigenvalue weighted by atomic mass is 9.99. The van der Waals surface area contributed by atoms with Crippen molar-refractivity contribution >= 4 is 5.95 Å². The van der Waals surface area contributed by atoms with Gasteiger partial charge in [0.2, 0.25) is 5.95 Å². The van der Waals surface area contributed by atoms with E-state index in [1.165, 1.54) is 18.5 Å². The highest BCUT2D eigenvalue weighted by molar-refractivity contribution is 5.37. The van der Waals surface area contributed by atoms with Gasteiger partial charge in [-0.05, 0) is 24.8 Å². The van der Waals surface area contributed by atoms with Crippen LogP contribution in [0.1, 0.15) is 30.1 Å². The second-order valence-corrected chi connectivity index (χ2v) is 6.25. The maximum Gasteiger partial charge on any atom is 0.225 e. The molecule has 2 aromatic heterocycles. The molecule has 2 aliphatic rings. The fourth-order valence-corrected chi connectivity index (χ4v) is 3.29. The van der Waals surface area contributed by atoms with E-state index in [0.29, 0.717) is 12.5 Å². The van der Waals surface area contributed by atoms with Crippen LogP contribution in [0.4, 0.5) is 5.95 Å². The van der Waals surface area contributed by atoms with E-state index in [9.17, 15) is 0 Å². The number of hydrogen-bond donors (Lipinski definition) is 0. The van der Waals surface area contributed by atoms with Gasteiger partial charge in [-0.25, -0.2) is 15.0 Å². The van der Waals surface area contributed by atoms with Gasteiger partial charge in [0.05, 0.1) is 25.2 Å². The molecular weight excluding hydrogens is 278 g/mol. The second kappa shape index (κ2) is 5.68. The number of fused-ring (bicyclic) bond motifs is 1. The highest BCUT2D eigenvalue weighted by atomic mass is 16.5. The minimum atomic E-state index is 0.318. The first kappa shape index (κ1) is 13.7. The van der Waals surface area contributed by atoms with Crippen LogP contribution in [0.3, 0.4) is 0 Å². The summed E-state index contributed by atoms with van der Waals surface area (Å²) in [6.07, 6.45) is 8.28. The summed E-state index contributed by atoms with van der Waals surface area (Å²) in [4.78, 5) is 15.6. The zero-order valence-electron chi connectivity index (χ0n) is 12.9. The summed E-state index contributed by atoms with van der Waals surface area (Å²) >= 11 is 0. The van der Waals surface area contributed by atoms with Crippen molar-refractivity contribution in [3.05, 3.63) is 36.2 Å². The molecule has 0 amide bonds. The van der Waals surface area contributed by atoms with Gasteiger partial charge >= 0.3 is 0 Å². The number of rotatable bonds is 5. The molecule has 116 valence electrons. The molecule has 0 radical (unpaired) electrons. The Bertz CT molecular complexity index is 637. The third-order valence-corrected chi connectivity index (χ3v) is 4.48. The maximum absolute atomic E-state index is 5.46. The van der Waals surface area contributed by atoms with Gasteiger partial charge in [0.1, 0.15) is 0 Å². The van der Waals surface area contributed by atoms with Crippen molar-refractivity contribution < 1.29 is 4.74 Å². The van der Waals surface area contributed by atoms with E-state index in [0.717, 1.165) is 37.2 Å². The SMILES string of the molecule is COCC1CN(c2ncccn2)Cc2ncn(CC3CC3)c21. The van der Waals surface area contributed by atoms with Crippen LogP contribution in [0.2, 0.25) is 0 Å². The molecule has 3 heterocycles. The molecule has 1 unspecified atom stereocenters. The summed E-state index contributed by atoms with van der Waals surface area (Å²) < 4.78 is 7.81. The molecule has 1 aliphatic heterocycles. The van der Waals surface area contributed by atoms with Crippen LogP contribution in [-0.2, 0) is 17.8 Å². The van der Waals surface area contributed by atoms with Crippen LogP contribution in [0, 0.1) is 5.92 Å². The van der Waals surface area contributed by atoms with Gasteiger partial charge < -0.3 is 14.2 Å². The Labute approximate surface area is 130 Å². The number of anilines is 1. The first-order valence-corrected chi connectivity index (χ1v) is 7.90. The maximum atomic E-state index is 5.46. The Morgan fingerprint density at radius 1 is 1.23 bits per heavy atom. The van der Waals surface area contributed by atoms with Gasteiger partial charge in [0, 0.05) is 44.2 Å². The van der Waals surface area contributed by atoms with E-state index in [2.05, 4.69) is 24.4 Å². The predicted octanol–water partition coefficient (Wildman–Crippen LogP) is 1.83. The number of ether oxygens (including phenoxy) is 1. The minimum absolute atomic E-state index is 0.318. The molecule has 0 spiro atoms. The van der Waals surface area contributed by atoms with E-state index in [-0.39, 0.29) is 0 Å². The molecule has 6 nitrogen and oxygen atoms in total. The van der Waals surface area contributed by atoms with Gasteiger partial charge in [-0.2, -0.15) is 0 Å². The lowest BCUT2D eigenvalue weighted by Crippen LogP contribution is -2.37. The fourth-order valence-electron chi connectivity index (χ4n) is 3.29. The summed E-state index contributed by atoms with van der Waals surface area (Å²) in [6, 6.07) is 1.84. The number of hydrogen-bond acceptors (Lipinski definition) is 5. The largest absolute Gasteiger partial charge is 0.384 e. The summed E-state index contributed by atoms with van der Waals surface area (Å²) in [5, 5.41) is 0. The molecule has 6 heteroatoms. The van der Waals surface area contributed by atoms with Crippen LogP contribution in [0.25, 0.3) is 0 Å². The van der Waals surface area contributed by atoms with Crippen LogP contribution in [0.15, 0.2) is 24.8 Å². The first-order valence-electron chi connectivity index (χ1n) is 7.90. The molecule has 22 heavy (non-hydrogen) atoms. The van der Waals surface area contributed by atoms with Crippen LogP contribution in [-0.4, -0.2) is 39.8 Å². The Balaban J connectivity index is 1.63. The van der Waals surface area contributed by atoms with Gasteiger partial charge in [-0.15, -0.1) is 0 Å². The molecule has 1 fully saturated rings.